The Bertz CT molecular complexity index is 813. The van der Waals surface area contributed by atoms with E-state index in [2.05, 4.69) is 10.4 Å². The van der Waals surface area contributed by atoms with E-state index in [-0.39, 0.29) is 17.3 Å². The fourth-order valence-corrected chi connectivity index (χ4v) is 2.28. The number of rotatable bonds is 6. The lowest BCUT2D eigenvalue weighted by Gasteiger charge is -2.12. The molecule has 0 aliphatic rings. The van der Waals surface area contributed by atoms with Gasteiger partial charge in [-0.1, -0.05) is 12.1 Å². The van der Waals surface area contributed by atoms with E-state index < -0.39 is 23.4 Å². The topological polar surface area (TPSA) is 116 Å². The van der Waals surface area contributed by atoms with E-state index in [0.717, 1.165) is 0 Å². The second-order valence-electron chi connectivity index (χ2n) is 5.61. The highest BCUT2D eigenvalue weighted by molar-refractivity contribution is 5.98. The van der Waals surface area contributed by atoms with E-state index in [4.69, 9.17) is 4.74 Å². The van der Waals surface area contributed by atoms with Crippen LogP contribution in [0.2, 0.25) is 0 Å². The number of nitro benzene ring substituents is 1. The molecule has 25 heavy (non-hydrogen) atoms. The van der Waals surface area contributed by atoms with Crippen LogP contribution in [-0.4, -0.2) is 33.2 Å². The van der Waals surface area contributed by atoms with Crippen LogP contribution in [0.4, 0.5) is 11.5 Å². The first-order valence-electron chi connectivity index (χ1n) is 7.55. The maximum Gasteiger partial charge on any atom is 0.345 e. The van der Waals surface area contributed by atoms with Gasteiger partial charge < -0.3 is 10.1 Å². The third-order valence-corrected chi connectivity index (χ3v) is 3.41. The summed E-state index contributed by atoms with van der Waals surface area (Å²) in [7, 11) is 0. The predicted molar refractivity (Wildman–Crippen MR) is 89.4 cm³/mol. The predicted octanol–water partition coefficient (Wildman–Crippen LogP) is 2.48. The van der Waals surface area contributed by atoms with Crippen molar-refractivity contribution in [1.29, 1.82) is 0 Å². The first kappa shape index (κ1) is 18.1. The number of hydrogen-bond acceptors (Lipinski definition) is 6. The van der Waals surface area contributed by atoms with Crippen molar-refractivity contribution < 1.29 is 19.2 Å². The summed E-state index contributed by atoms with van der Waals surface area (Å²) in [6.07, 6.45) is 1.54. The molecule has 1 aromatic carbocycles. The van der Waals surface area contributed by atoms with Gasteiger partial charge in [0.2, 0.25) is 0 Å². The van der Waals surface area contributed by atoms with Crippen LogP contribution in [-0.2, 0) is 9.53 Å². The number of amides is 1. The van der Waals surface area contributed by atoms with Gasteiger partial charge in [-0.3, -0.25) is 14.9 Å². The molecule has 0 radical (unpaired) electrons. The highest BCUT2D eigenvalue weighted by atomic mass is 16.6. The van der Waals surface area contributed by atoms with Gasteiger partial charge in [0.05, 0.1) is 11.1 Å². The van der Waals surface area contributed by atoms with Crippen molar-refractivity contribution in [1.82, 2.24) is 9.78 Å². The first-order chi connectivity index (χ1) is 11.8. The van der Waals surface area contributed by atoms with Gasteiger partial charge in [-0.15, -0.1) is 0 Å². The molecule has 0 unspecified atom stereocenters. The lowest BCUT2D eigenvalue weighted by atomic mass is 10.1. The summed E-state index contributed by atoms with van der Waals surface area (Å²) >= 11 is 0. The number of anilines is 1. The quantitative estimate of drug-likeness (QED) is 0.488. The Morgan fingerprint density at radius 2 is 2.08 bits per heavy atom. The summed E-state index contributed by atoms with van der Waals surface area (Å²) in [5.41, 5.74) is -0.117. The number of benzene rings is 1. The smallest absolute Gasteiger partial charge is 0.345 e. The maximum absolute atomic E-state index is 12.1. The molecule has 0 saturated heterocycles. The van der Waals surface area contributed by atoms with Crippen molar-refractivity contribution in [2.75, 3.05) is 11.9 Å². The van der Waals surface area contributed by atoms with E-state index in [9.17, 15) is 19.7 Å². The number of nitrogens with one attached hydrogen (secondary N) is 1. The molecule has 9 nitrogen and oxygen atoms in total. The van der Waals surface area contributed by atoms with Crippen molar-refractivity contribution in [2.24, 2.45) is 0 Å². The van der Waals surface area contributed by atoms with Crippen LogP contribution in [0.15, 0.2) is 30.5 Å². The Balaban J connectivity index is 2.04. The average Bonchev–Trinajstić information content (AvgIpc) is 3.00. The van der Waals surface area contributed by atoms with Crippen molar-refractivity contribution in [2.45, 2.75) is 26.8 Å². The van der Waals surface area contributed by atoms with E-state index in [1.165, 1.54) is 18.3 Å². The van der Waals surface area contributed by atoms with Crippen LogP contribution in [0.1, 0.15) is 35.8 Å². The molecule has 0 fully saturated rings. The van der Waals surface area contributed by atoms with Crippen molar-refractivity contribution >= 4 is 23.4 Å². The number of hydrogen-bond donors (Lipinski definition) is 1. The lowest BCUT2D eigenvalue weighted by Crippen LogP contribution is -2.23. The third kappa shape index (κ3) is 4.19. The zero-order valence-corrected chi connectivity index (χ0v) is 14.1. The monoisotopic (exact) mass is 346 g/mol. The number of aromatic nitrogens is 2. The molecule has 0 bridgehead atoms. The molecule has 0 spiro atoms. The molecule has 132 valence electrons. The standard InChI is InChI=1S/C16H18N4O5/c1-10(2)19-13(7-8-17-19)18-14(21)9-25-16(22)15-11(3)5-4-6-12(15)20(23)24/h4-8,10H,9H2,1-3H3,(H,18,21). The van der Waals surface area contributed by atoms with E-state index in [0.29, 0.717) is 11.4 Å². The Morgan fingerprint density at radius 1 is 1.36 bits per heavy atom. The summed E-state index contributed by atoms with van der Waals surface area (Å²) in [5.74, 6) is -1.01. The third-order valence-electron chi connectivity index (χ3n) is 3.41. The Labute approximate surface area is 143 Å². The fraction of sp³-hybridized carbons (Fsp3) is 0.312. The second kappa shape index (κ2) is 7.56. The maximum atomic E-state index is 12.1. The van der Waals surface area contributed by atoms with Crippen LogP contribution in [0.25, 0.3) is 0 Å². The largest absolute Gasteiger partial charge is 0.452 e. The van der Waals surface area contributed by atoms with Gasteiger partial charge in [0.15, 0.2) is 6.61 Å². The number of nitrogens with zero attached hydrogens (tertiary/aromatic N) is 3. The van der Waals surface area contributed by atoms with Crippen molar-refractivity contribution in [3.63, 3.8) is 0 Å². The molecular formula is C16H18N4O5. The Hall–Kier alpha value is -3.23. The number of carbonyl (C=O) groups is 2. The highest BCUT2D eigenvalue weighted by Crippen LogP contribution is 2.22. The van der Waals surface area contributed by atoms with Gasteiger partial charge >= 0.3 is 5.97 Å². The number of esters is 1. The number of ether oxygens (including phenoxy) is 1. The molecule has 2 rings (SSSR count). The average molecular weight is 346 g/mol. The van der Waals surface area contributed by atoms with Gasteiger partial charge in [0.1, 0.15) is 11.4 Å². The van der Waals surface area contributed by atoms with Crippen LogP contribution >= 0.6 is 0 Å². The minimum absolute atomic E-state index is 0.0440. The Morgan fingerprint density at radius 3 is 2.72 bits per heavy atom. The molecule has 1 N–H and O–H groups in total. The zero-order chi connectivity index (χ0) is 18.6. The minimum Gasteiger partial charge on any atom is -0.452 e. The molecule has 0 aliphatic carbocycles. The molecule has 0 atom stereocenters. The summed E-state index contributed by atoms with van der Waals surface area (Å²) in [5, 5.41) is 17.7. The van der Waals surface area contributed by atoms with Crippen molar-refractivity contribution in [3.8, 4) is 0 Å². The van der Waals surface area contributed by atoms with Gasteiger partial charge in [-0.05, 0) is 26.3 Å². The minimum atomic E-state index is -0.919. The fourth-order valence-electron chi connectivity index (χ4n) is 2.28. The van der Waals surface area contributed by atoms with Gasteiger partial charge in [0.25, 0.3) is 11.6 Å². The molecule has 9 heteroatoms. The summed E-state index contributed by atoms with van der Waals surface area (Å²) in [6.45, 7) is 4.80. The van der Waals surface area contributed by atoms with Crippen LogP contribution in [0.5, 0.6) is 0 Å². The van der Waals surface area contributed by atoms with Crippen LogP contribution in [0.3, 0.4) is 0 Å². The lowest BCUT2D eigenvalue weighted by molar-refractivity contribution is -0.385. The molecule has 2 aromatic rings. The summed E-state index contributed by atoms with van der Waals surface area (Å²) in [4.78, 5) is 34.5. The molecule has 0 aliphatic heterocycles. The number of nitro groups is 1. The van der Waals surface area contributed by atoms with Gasteiger partial charge in [-0.25, -0.2) is 9.48 Å². The van der Waals surface area contributed by atoms with Gasteiger partial charge in [0, 0.05) is 18.2 Å². The number of carbonyl (C=O) groups excluding carboxylic acids is 2. The molecule has 1 aromatic heterocycles. The molecular weight excluding hydrogens is 328 g/mol. The van der Waals surface area contributed by atoms with E-state index >= 15 is 0 Å². The second-order valence-corrected chi connectivity index (χ2v) is 5.61. The normalized spacial score (nSPS) is 10.6. The highest BCUT2D eigenvalue weighted by Gasteiger charge is 2.24. The summed E-state index contributed by atoms with van der Waals surface area (Å²) in [6, 6.07) is 5.91. The molecule has 0 saturated carbocycles. The van der Waals surface area contributed by atoms with E-state index in [1.807, 2.05) is 13.8 Å². The number of aryl methyl sites for hydroxylation is 1. The SMILES string of the molecule is Cc1cccc([N+](=O)[O-])c1C(=O)OCC(=O)Nc1ccnn1C(C)C. The van der Waals surface area contributed by atoms with Crippen molar-refractivity contribution in [3.05, 3.63) is 51.7 Å². The van der Waals surface area contributed by atoms with E-state index in [1.54, 1.807) is 23.7 Å². The molecule has 1 amide bonds. The zero-order valence-electron chi connectivity index (χ0n) is 14.1. The first-order valence-corrected chi connectivity index (χ1v) is 7.55. The Kier molecular flexibility index (Phi) is 5.48. The summed E-state index contributed by atoms with van der Waals surface area (Å²) < 4.78 is 6.53. The van der Waals surface area contributed by atoms with Crippen LogP contribution < -0.4 is 5.32 Å². The molecule has 1 heterocycles. The van der Waals surface area contributed by atoms with Crippen LogP contribution in [0, 0.1) is 17.0 Å². The van der Waals surface area contributed by atoms with Gasteiger partial charge in [-0.2, -0.15) is 5.10 Å².